The molecule has 0 radical (unpaired) electrons. The van der Waals surface area contributed by atoms with Crippen molar-refractivity contribution in [1.29, 1.82) is 0 Å². The number of carbonyl (C=O) groups is 2. The van der Waals surface area contributed by atoms with Crippen LogP contribution in [0.3, 0.4) is 0 Å². The van der Waals surface area contributed by atoms with Crippen molar-refractivity contribution in [3.8, 4) is 5.75 Å². The molecule has 1 rings (SSSR count). The van der Waals surface area contributed by atoms with Gasteiger partial charge in [-0.3, -0.25) is 4.79 Å². The van der Waals surface area contributed by atoms with Crippen LogP contribution in [0.15, 0.2) is 24.3 Å². The zero-order valence-electron chi connectivity index (χ0n) is 12.1. The molecule has 110 valence electrons. The minimum Gasteiger partial charge on any atom is -0.482 e. The Morgan fingerprint density at radius 2 is 2.00 bits per heavy atom. The van der Waals surface area contributed by atoms with Crippen LogP contribution in [0, 0.1) is 11.8 Å². The third-order valence-electron chi connectivity index (χ3n) is 3.14. The average Bonchev–Trinajstić information content (AvgIpc) is 2.42. The highest BCUT2D eigenvalue weighted by Crippen LogP contribution is 2.14. The average molecular weight is 279 g/mol. The zero-order valence-corrected chi connectivity index (χ0v) is 12.1. The lowest BCUT2D eigenvalue weighted by atomic mass is 9.97. The fourth-order valence-electron chi connectivity index (χ4n) is 1.54. The summed E-state index contributed by atoms with van der Waals surface area (Å²) in [4.78, 5) is 22.3. The summed E-state index contributed by atoms with van der Waals surface area (Å²) in [6, 6.07) is 7.03. The number of benzene rings is 1. The van der Waals surface area contributed by atoms with E-state index in [1.165, 1.54) is 0 Å². The SMILES string of the molecule is CC(C)C(C)C(=O)NCc1cccc(OCC(=O)O)c1. The summed E-state index contributed by atoms with van der Waals surface area (Å²) in [5, 5.41) is 11.4. The molecule has 1 aromatic carbocycles. The standard InChI is InChI=1S/C15H21NO4/c1-10(2)11(3)15(19)16-8-12-5-4-6-13(7-12)20-9-14(17)18/h4-7,10-11H,8-9H2,1-3H3,(H,16,19)(H,17,18). The van der Waals surface area contributed by atoms with Crippen LogP contribution in [-0.4, -0.2) is 23.6 Å². The van der Waals surface area contributed by atoms with Gasteiger partial charge in [-0.2, -0.15) is 0 Å². The Bertz CT molecular complexity index is 471. The van der Waals surface area contributed by atoms with Crippen molar-refractivity contribution >= 4 is 11.9 Å². The molecule has 1 aromatic rings. The molecule has 0 bridgehead atoms. The molecule has 1 atom stereocenters. The van der Waals surface area contributed by atoms with Gasteiger partial charge in [0, 0.05) is 12.5 Å². The van der Waals surface area contributed by atoms with Crippen molar-refractivity contribution in [3.05, 3.63) is 29.8 Å². The maximum atomic E-state index is 11.8. The first-order chi connectivity index (χ1) is 9.40. The van der Waals surface area contributed by atoms with Crippen LogP contribution in [0.5, 0.6) is 5.75 Å². The maximum absolute atomic E-state index is 11.8. The maximum Gasteiger partial charge on any atom is 0.341 e. The summed E-state index contributed by atoms with van der Waals surface area (Å²) < 4.78 is 5.09. The van der Waals surface area contributed by atoms with Crippen molar-refractivity contribution in [2.45, 2.75) is 27.3 Å². The largest absolute Gasteiger partial charge is 0.482 e. The summed E-state index contributed by atoms with van der Waals surface area (Å²) in [6.45, 7) is 5.93. The van der Waals surface area contributed by atoms with Crippen LogP contribution in [0.4, 0.5) is 0 Å². The Labute approximate surface area is 118 Å². The Balaban J connectivity index is 2.54. The molecule has 0 aliphatic rings. The van der Waals surface area contributed by atoms with Gasteiger partial charge in [0.15, 0.2) is 6.61 Å². The third-order valence-corrected chi connectivity index (χ3v) is 3.14. The minimum absolute atomic E-state index is 0.0110. The van der Waals surface area contributed by atoms with Gasteiger partial charge in [-0.1, -0.05) is 32.9 Å². The molecule has 0 aliphatic carbocycles. The van der Waals surface area contributed by atoms with E-state index in [0.717, 1.165) is 5.56 Å². The summed E-state index contributed by atoms with van der Waals surface area (Å²) in [7, 11) is 0. The number of carbonyl (C=O) groups excluding carboxylic acids is 1. The lowest BCUT2D eigenvalue weighted by molar-refractivity contribution is -0.139. The van der Waals surface area contributed by atoms with Gasteiger partial charge in [-0.05, 0) is 23.6 Å². The van der Waals surface area contributed by atoms with Crippen LogP contribution < -0.4 is 10.1 Å². The van der Waals surface area contributed by atoms with Gasteiger partial charge in [0.25, 0.3) is 0 Å². The second-order valence-electron chi connectivity index (χ2n) is 5.08. The number of rotatable bonds is 7. The molecule has 1 amide bonds. The molecule has 0 aliphatic heterocycles. The molecule has 0 saturated heterocycles. The van der Waals surface area contributed by atoms with Crippen molar-refractivity contribution in [1.82, 2.24) is 5.32 Å². The molecular weight excluding hydrogens is 258 g/mol. The summed E-state index contributed by atoms with van der Waals surface area (Å²) >= 11 is 0. The molecule has 0 saturated carbocycles. The van der Waals surface area contributed by atoms with Crippen LogP contribution in [0.1, 0.15) is 26.3 Å². The lowest BCUT2D eigenvalue weighted by Gasteiger charge is -2.15. The quantitative estimate of drug-likeness (QED) is 0.801. The molecule has 0 fully saturated rings. The highest BCUT2D eigenvalue weighted by Gasteiger charge is 2.15. The second kappa shape index (κ2) is 7.53. The van der Waals surface area contributed by atoms with Gasteiger partial charge in [-0.15, -0.1) is 0 Å². The van der Waals surface area contributed by atoms with Crippen molar-refractivity contribution in [2.75, 3.05) is 6.61 Å². The Morgan fingerprint density at radius 1 is 1.30 bits per heavy atom. The van der Waals surface area contributed by atoms with Crippen LogP contribution in [0.25, 0.3) is 0 Å². The van der Waals surface area contributed by atoms with Crippen LogP contribution >= 0.6 is 0 Å². The van der Waals surface area contributed by atoms with E-state index < -0.39 is 5.97 Å². The number of amides is 1. The molecule has 0 spiro atoms. The van der Waals surface area contributed by atoms with E-state index in [2.05, 4.69) is 5.32 Å². The van der Waals surface area contributed by atoms with Gasteiger partial charge in [0.05, 0.1) is 0 Å². The fraction of sp³-hybridized carbons (Fsp3) is 0.467. The molecule has 5 nitrogen and oxygen atoms in total. The van der Waals surface area contributed by atoms with Gasteiger partial charge >= 0.3 is 5.97 Å². The van der Waals surface area contributed by atoms with Crippen molar-refractivity contribution < 1.29 is 19.4 Å². The molecular formula is C15H21NO4. The number of nitrogens with one attached hydrogen (secondary N) is 1. The van der Waals surface area contributed by atoms with E-state index in [4.69, 9.17) is 9.84 Å². The number of hydrogen-bond donors (Lipinski definition) is 2. The number of carboxylic acids is 1. The van der Waals surface area contributed by atoms with Gasteiger partial charge < -0.3 is 15.2 Å². The van der Waals surface area contributed by atoms with Crippen molar-refractivity contribution in [3.63, 3.8) is 0 Å². The minimum atomic E-state index is -1.02. The smallest absolute Gasteiger partial charge is 0.341 e. The molecule has 1 unspecified atom stereocenters. The zero-order chi connectivity index (χ0) is 15.1. The fourth-order valence-corrected chi connectivity index (χ4v) is 1.54. The predicted octanol–water partition coefficient (Wildman–Crippen LogP) is 2.06. The first-order valence-corrected chi connectivity index (χ1v) is 6.61. The summed E-state index contributed by atoms with van der Waals surface area (Å²) in [5.74, 6) is -0.274. The Hall–Kier alpha value is -2.04. The lowest BCUT2D eigenvalue weighted by Crippen LogP contribution is -2.31. The van der Waals surface area contributed by atoms with Crippen molar-refractivity contribution in [2.24, 2.45) is 11.8 Å². The Morgan fingerprint density at radius 3 is 2.60 bits per heavy atom. The predicted molar refractivity (Wildman–Crippen MR) is 75.4 cm³/mol. The van der Waals surface area contributed by atoms with E-state index in [9.17, 15) is 9.59 Å². The van der Waals surface area contributed by atoms with Crippen LogP contribution in [0.2, 0.25) is 0 Å². The third kappa shape index (κ3) is 5.30. The highest BCUT2D eigenvalue weighted by molar-refractivity contribution is 5.78. The molecule has 5 heteroatoms. The van der Waals surface area contributed by atoms with E-state index in [0.29, 0.717) is 18.2 Å². The van der Waals surface area contributed by atoms with E-state index in [1.54, 1.807) is 18.2 Å². The molecule has 0 heterocycles. The first kappa shape index (κ1) is 16.0. The molecule has 20 heavy (non-hydrogen) atoms. The monoisotopic (exact) mass is 279 g/mol. The summed E-state index contributed by atoms with van der Waals surface area (Å²) in [6.07, 6.45) is 0. The number of carboxylic acid groups (broad SMARTS) is 1. The highest BCUT2D eigenvalue weighted by atomic mass is 16.5. The van der Waals surface area contributed by atoms with Gasteiger partial charge in [-0.25, -0.2) is 4.79 Å². The summed E-state index contributed by atoms with van der Waals surface area (Å²) in [5.41, 5.74) is 0.872. The van der Waals surface area contributed by atoms with Gasteiger partial charge in [0.1, 0.15) is 5.75 Å². The van der Waals surface area contributed by atoms with Crippen LogP contribution in [-0.2, 0) is 16.1 Å². The van der Waals surface area contributed by atoms with E-state index in [1.807, 2.05) is 26.8 Å². The topological polar surface area (TPSA) is 75.6 Å². The normalized spacial score (nSPS) is 12.0. The number of hydrogen-bond acceptors (Lipinski definition) is 3. The second-order valence-corrected chi connectivity index (χ2v) is 5.08. The number of aliphatic carboxylic acids is 1. The van der Waals surface area contributed by atoms with E-state index >= 15 is 0 Å². The van der Waals surface area contributed by atoms with Gasteiger partial charge in [0.2, 0.25) is 5.91 Å². The molecule has 2 N–H and O–H groups in total. The number of ether oxygens (including phenoxy) is 1. The first-order valence-electron chi connectivity index (χ1n) is 6.61. The molecule has 0 aromatic heterocycles. The van der Waals surface area contributed by atoms with E-state index in [-0.39, 0.29) is 18.4 Å². The Kier molecular flexibility index (Phi) is 6.03.